The summed E-state index contributed by atoms with van der Waals surface area (Å²) in [7, 11) is 0. The fourth-order valence-electron chi connectivity index (χ4n) is 8.53. The Kier molecular flexibility index (Phi) is 10.2. The van der Waals surface area contributed by atoms with Crippen LogP contribution in [0.3, 0.4) is 0 Å². The van der Waals surface area contributed by atoms with Gasteiger partial charge in [-0.3, -0.25) is 6.08 Å². The Hall–Kier alpha value is -0.747. The molecule has 0 atom stereocenters. The SMILES string of the molecule is CC(C)(C)c1ccc2c(c1)[cH-]c1cc(C(C)(C)C)ccc12.CC1=CC[C-]=C1C12CC3CC(CC(C3)C1)C2.[Cl-].[Cl-].[Zr+4]. The van der Waals surface area contributed by atoms with Gasteiger partial charge in [0.15, 0.2) is 0 Å². The van der Waals surface area contributed by atoms with Crippen molar-refractivity contribution in [3.05, 3.63) is 76.9 Å². The average molecular weight is 653 g/mol. The van der Waals surface area contributed by atoms with Gasteiger partial charge in [-0.25, -0.2) is 11.1 Å². The van der Waals surface area contributed by atoms with E-state index in [1.165, 1.54) is 51.9 Å². The molecule has 4 fully saturated rings. The van der Waals surface area contributed by atoms with Crippen LogP contribution in [0.25, 0.3) is 21.5 Å². The number of fused-ring (bicyclic) bond motifs is 3. The minimum atomic E-state index is 0. The van der Waals surface area contributed by atoms with Crippen molar-refractivity contribution in [2.24, 2.45) is 23.2 Å². The molecule has 0 unspecified atom stereocenters. The summed E-state index contributed by atoms with van der Waals surface area (Å²) in [5.41, 5.74) is 7.00. The Bertz CT molecular complexity index is 1300. The van der Waals surface area contributed by atoms with Gasteiger partial charge < -0.3 is 24.8 Å². The summed E-state index contributed by atoms with van der Waals surface area (Å²) in [5, 5.41) is 5.48. The monoisotopic (exact) mass is 650 g/mol. The maximum atomic E-state index is 3.69. The van der Waals surface area contributed by atoms with Gasteiger partial charge in [-0.2, -0.15) is 6.08 Å². The molecule has 212 valence electrons. The molecule has 3 heteroatoms. The zero-order valence-corrected chi connectivity index (χ0v) is 29.5. The van der Waals surface area contributed by atoms with Gasteiger partial charge in [0.1, 0.15) is 0 Å². The summed E-state index contributed by atoms with van der Waals surface area (Å²) in [6, 6.07) is 16.2. The van der Waals surface area contributed by atoms with Crippen molar-refractivity contribution < 1.29 is 51.0 Å². The normalized spacial score (nSPS) is 26.7. The summed E-state index contributed by atoms with van der Waals surface area (Å²) in [6.07, 6.45) is 16.3. The third-order valence-electron chi connectivity index (χ3n) is 10.1. The molecule has 4 saturated carbocycles. The molecule has 0 saturated heterocycles. The standard InChI is InChI=1S/C21H25.C16H21.2ClH.Zr/c1-20(2,3)16-7-9-18-14(12-16)11-15-13-17(21(4,5)6)8-10-19(15)18;1-11-3-2-4-15(11)16-8-12-5-13(9-16)7-14(6-12)10-16;;;/h7-13H,1-6H3;3,12-14H,2,5-10H2,1H3;2*1H;/q2*-1;;;+4/p-2. The van der Waals surface area contributed by atoms with Gasteiger partial charge in [0.25, 0.3) is 0 Å². The number of rotatable bonds is 1. The number of hydrogen-bond donors (Lipinski definition) is 0. The molecule has 0 N–H and O–H groups in total. The van der Waals surface area contributed by atoms with Crippen molar-refractivity contribution in [1.82, 2.24) is 0 Å². The zero-order valence-electron chi connectivity index (χ0n) is 25.6. The Morgan fingerprint density at radius 3 is 1.50 bits per heavy atom. The van der Waals surface area contributed by atoms with Crippen LogP contribution in [0.1, 0.15) is 105 Å². The second-order valence-corrected chi connectivity index (χ2v) is 15.1. The van der Waals surface area contributed by atoms with E-state index < -0.39 is 0 Å². The van der Waals surface area contributed by atoms with E-state index in [-0.39, 0.29) is 61.8 Å². The summed E-state index contributed by atoms with van der Waals surface area (Å²) in [5.74, 6) is 3.19. The second kappa shape index (κ2) is 12.1. The van der Waals surface area contributed by atoms with E-state index in [0.717, 1.165) is 24.2 Å². The van der Waals surface area contributed by atoms with Gasteiger partial charge in [0.2, 0.25) is 0 Å². The summed E-state index contributed by atoms with van der Waals surface area (Å²) >= 11 is 0. The molecule has 0 radical (unpaired) electrons. The minimum Gasteiger partial charge on any atom is -1.00 e. The molecule has 8 rings (SSSR count). The number of allylic oxidation sites excluding steroid dienone is 4. The van der Waals surface area contributed by atoms with Crippen molar-refractivity contribution in [3.63, 3.8) is 0 Å². The molecule has 0 aromatic heterocycles. The number of hydrogen-bond acceptors (Lipinski definition) is 0. The third-order valence-corrected chi connectivity index (χ3v) is 10.1. The molecule has 3 aromatic carbocycles. The second-order valence-electron chi connectivity index (χ2n) is 15.1. The van der Waals surface area contributed by atoms with Crippen molar-refractivity contribution in [2.45, 2.75) is 104 Å². The first-order valence-electron chi connectivity index (χ1n) is 14.8. The van der Waals surface area contributed by atoms with Gasteiger partial charge in [0.05, 0.1) is 0 Å². The van der Waals surface area contributed by atoms with Crippen LogP contribution in [-0.4, -0.2) is 0 Å². The van der Waals surface area contributed by atoms with Crippen LogP contribution < -0.4 is 24.8 Å². The van der Waals surface area contributed by atoms with E-state index in [4.69, 9.17) is 0 Å². The topological polar surface area (TPSA) is 0 Å². The van der Waals surface area contributed by atoms with Gasteiger partial charge in [0, 0.05) is 0 Å². The van der Waals surface area contributed by atoms with Crippen molar-refractivity contribution in [3.8, 4) is 0 Å². The third kappa shape index (κ3) is 6.29. The van der Waals surface area contributed by atoms with Crippen molar-refractivity contribution in [1.29, 1.82) is 0 Å². The van der Waals surface area contributed by atoms with E-state index in [0.29, 0.717) is 5.41 Å². The van der Waals surface area contributed by atoms with Crippen LogP contribution >= 0.6 is 0 Å². The first-order valence-corrected chi connectivity index (χ1v) is 14.8. The van der Waals surface area contributed by atoms with Crippen LogP contribution in [0.15, 0.2) is 59.7 Å². The maximum Gasteiger partial charge on any atom is 4.00 e. The molecule has 40 heavy (non-hydrogen) atoms. The molecule has 0 spiro atoms. The van der Waals surface area contributed by atoms with Gasteiger partial charge in [-0.1, -0.05) is 76.9 Å². The molecule has 0 nitrogen and oxygen atoms in total. The largest absolute Gasteiger partial charge is 4.00 e. The van der Waals surface area contributed by atoms with Crippen molar-refractivity contribution >= 4 is 21.5 Å². The Balaban J connectivity index is 0.000000210. The van der Waals surface area contributed by atoms with Crippen LogP contribution in [0, 0.1) is 29.2 Å². The molecule has 5 aliphatic carbocycles. The van der Waals surface area contributed by atoms with Gasteiger partial charge in [-0.15, -0.1) is 53.1 Å². The fraction of sp³-hybridized carbons (Fsp3) is 0.541. The van der Waals surface area contributed by atoms with E-state index >= 15 is 0 Å². The first-order chi connectivity index (χ1) is 17.4. The van der Waals surface area contributed by atoms with E-state index in [2.05, 4.69) is 103 Å². The molecular formula is C37H46Cl2Zr. The van der Waals surface area contributed by atoms with Crippen LogP contribution in [0.2, 0.25) is 0 Å². The molecular weight excluding hydrogens is 607 g/mol. The van der Waals surface area contributed by atoms with E-state index in [1.54, 1.807) is 30.4 Å². The van der Waals surface area contributed by atoms with Crippen LogP contribution in [-0.2, 0) is 37.0 Å². The first kappa shape index (κ1) is 33.8. The average Bonchev–Trinajstić information content (AvgIpc) is 3.40. The molecule has 4 bridgehead atoms. The quantitative estimate of drug-likeness (QED) is 0.338. The Labute approximate surface area is 275 Å². The van der Waals surface area contributed by atoms with E-state index in [1.807, 2.05) is 0 Å². The number of halogens is 2. The predicted molar refractivity (Wildman–Crippen MR) is 160 cm³/mol. The Morgan fingerprint density at radius 1 is 0.725 bits per heavy atom. The van der Waals surface area contributed by atoms with Crippen LogP contribution in [0.4, 0.5) is 0 Å². The molecule has 0 heterocycles. The molecule has 0 aliphatic heterocycles. The Morgan fingerprint density at radius 2 is 1.15 bits per heavy atom. The fourth-order valence-corrected chi connectivity index (χ4v) is 8.53. The van der Waals surface area contributed by atoms with Gasteiger partial charge in [-0.05, 0) is 72.5 Å². The predicted octanol–water partition coefficient (Wildman–Crippen LogP) is 4.59. The maximum absolute atomic E-state index is 3.69. The van der Waals surface area contributed by atoms with E-state index in [9.17, 15) is 0 Å². The summed E-state index contributed by atoms with van der Waals surface area (Å²) < 4.78 is 0. The summed E-state index contributed by atoms with van der Waals surface area (Å²) in [6.45, 7) is 15.9. The number of benzene rings is 2. The minimum absolute atomic E-state index is 0. The smallest absolute Gasteiger partial charge is 1.00 e. The molecule has 3 aromatic rings. The molecule has 0 amide bonds. The zero-order chi connectivity index (χ0) is 26.2. The van der Waals surface area contributed by atoms with Crippen LogP contribution in [0.5, 0.6) is 0 Å². The van der Waals surface area contributed by atoms with Gasteiger partial charge >= 0.3 is 26.2 Å². The van der Waals surface area contributed by atoms with Crippen molar-refractivity contribution in [2.75, 3.05) is 0 Å². The molecule has 5 aliphatic rings. The summed E-state index contributed by atoms with van der Waals surface area (Å²) in [4.78, 5) is 0.